The van der Waals surface area contributed by atoms with Crippen LogP contribution in [0.3, 0.4) is 0 Å². The monoisotopic (exact) mass is 148 g/mol. The number of urea groups is 1. The lowest BCUT2D eigenvalue weighted by Gasteiger charge is -1.97. The normalized spacial score (nSPS) is 25.7. The van der Waals surface area contributed by atoms with E-state index >= 15 is 0 Å². The number of carbonyl (C=O) groups excluding carboxylic acids is 2. The van der Waals surface area contributed by atoms with Gasteiger partial charge in [-0.05, 0) is 0 Å². The minimum Gasteiger partial charge on any atom is -0.325 e. The van der Waals surface area contributed by atoms with Crippen LogP contribution < -0.4 is 10.6 Å². The highest BCUT2D eigenvalue weighted by atomic mass is 35.5. The highest BCUT2D eigenvalue weighted by Crippen LogP contribution is 1.94. The van der Waals surface area contributed by atoms with Gasteiger partial charge in [0.1, 0.15) is 6.04 Å². The maximum atomic E-state index is 10.5. The molecule has 1 aliphatic heterocycles. The molecule has 0 saturated carbocycles. The number of halogens is 1. The molecule has 1 unspecified atom stereocenters. The SMILES string of the molecule is O=C1NC(=O)C(CCl)N1. The van der Waals surface area contributed by atoms with Crippen molar-refractivity contribution in [1.82, 2.24) is 10.6 Å². The Morgan fingerprint density at radius 3 is 2.44 bits per heavy atom. The summed E-state index contributed by atoms with van der Waals surface area (Å²) < 4.78 is 0. The third-order valence-electron chi connectivity index (χ3n) is 1.01. The van der Waals surface area contributed by atoms with Crippen LogP contribution in [0.4, 0.5) is 4.79 Å². The van der Waals surface area contributed by atoms with Gasteiger partial charge in [0, 0.05) is 0 Å². The van der Waals surface area contributed by atoms with Crippen LogP contribution in [0, 0.1) is 0 Å². The molecule has 0 aromatic heterocycles. The van der Waals surface area contributed by atoms with Crippen molar-refractivity contribution in [3.63, 3.8) is 0 Å². The lowest BCUT2D eigenvalue weighted by molar-refractivity contribution is -0.119. The van der Waals surface area contributed by atoms with Crippen molar-refractivity contribution in [2.24, 2.45) is 0 Å². The van der Waals surface area contributed by atoms with E-state index in [2.05, 4.69) is 5.32 Å². The Hall–Kier alpha value is -0.770. The van der Waals surface area contributed by atoms with Crippen molar-refractivity contribution >= 4 is 23.5 Å². The molecule has 5 heteroatoms. The number of carbonyl (C=O) groups is 2. The van der Waals surface area contributed by atoms with Gasteiger partial charge in [-0.2, -0.15) is 0 Å². The topological polar surface area (TPSA) is 58.2 Å². The number of rotatable bonds is 1. The standard InChI is InChI=1S/C4H5ClN2O2/c5-1-2-3(8)7-4(9)6-2/h2H,1H2,(H2,6,7,8,9). The van der Waals surface area contributed by atoms with Crippen molar-refractivity contribution in [3.8, 4) is 0 Å². The molecule has 3 amide bonds. The van der Waals surface area contributed by atoms with Gasteiger partial charge in [0.15, 0.2) is 0 Å². The molecular formula is C4H5ClN2O2. The van der Waals surface area contributed by atoms with Gasteiger partial charge in [-0.15, -0.1) is 11.6 Å². The van der Waals surface area contributed by atoms with E-state index in [0.717, 1.165) is 0 Å². The molecule has 50 valence electrons. The second-order valence-corrected chi connectivity index (χ2v) is 1.98. The lowest BCUT2D eigenvalue weighted by Crippen LogP contribution is -2.30. The van der Waals surface area contributed by atoms with Gasteiger partial charge in [0.2, 0.25) is 0 Å². The predicted octanol–water partition coefficient (Wildman–Crippen LogP) is -0.567. The van der Waals surface area contributed by atoms with Gasteiger partial charge in [-0.25, -0.2) is 4.79 Å². The third kappa shape index (κ3) is 1.13. The molecule has 1 saturated heterocycles. The Balaban J connectivity index is 2.58. The van der Waals surface area contributed by atoms with E-state index in [1.807, 2.05) is 5.32 Å². The van der Waals surface area contributed by atoms with Crippen molar-refractivity contribution in [3.05, 3.63) is 0 Å². The summed E-state index contributed by atoms with van der Waals surface area (Å²) in [6, 6.07) is -1.01. The third-order valence-corrected chi connectivity index (χ3v) is 1.32. The summed E-state index contributed by atoms with van der Waals surface area (Å²) in [5.74, 6) is -0.229. The van der Waals surface area contributed by atoms with E-state index in [4.69, 9.17) is 11.6 Å². The van der Waals surface area contributed by atoms with Gasteiger partial charge in [0.25, 0.3) is 5.91 Å². The molecule has 1 heterocycles. The minimum absolute atomic E-state index is 0.123. The number of alkyl halides is 1. The van der Waals surface area contributed by atoms with E-state index in [1.165, 1.54) is 0 Å². The first-order chi connectivity index (χ1) is 4.24. The molecular weight excluding hydrogens is 144 g/mol. The van der Waals surface area contributed by atoms with Crippen LogP contribution in [-0.4, -0.2) is 23.9 Å². The Morgan fingerprint density at radius 2 is 2.22 bits per heavy atom. The largest absolute Gasteiger partial charge is 0.325 e. The van der Waals surface area contributed by atoms with Crippen molar-refractivity contribution in [2.45, 2.75) is 6.04 Å². The zero-order chi connectivity index (χ0) is 6.85. The quantitative estimate of drug-likeness (QED) is 0.387. The number of amides is 3. The predicted molar refractivity (Wildman–Crippen MR) is 31.2 cm³/mol. The van der Waals surface area contributed by atoms with Crippen molar-refractivity contribution in [1.29, 1.82) is 0 Å². The molecule has 1 fully saturated rings. The number of imide groups is 1. The van der Waals surface area contributed by atoms with Crippen molar-refractivity contribution in [2.75, 3.05) is 5.88 Å². The van der Waals surface area contributed by atoms with E-state index in [9.17, 15) is 9.59 Å². The molecule has 1 rings (SSSR count). The smallest absolute Gasteiger partial charge is 0.322 e. The van der Waals surface area contributed by atoms with Crippen LogP contribution in [0.25, 0.3) is 0 Å². The summed E-state index contributed by atoms with van der Waals surface area (Å²) in [6.07, 6.45) is 0. The molecule has 4 nitrogen and oxygen atoms in total. The molecule has 1 atom stereocenters. The molecule has 0 aliphatic carbocycles. The maximum absolute atomic E-state index is 10.5. The number of hydrogen-bond donors (Lipinski definition) is 2. The fourth-order valence-electron chi connectivity index (χ4n) is 0.568. The molecule has 0 radical (unpaired) electrons. The summed E-state index contributed by atoms with van der Waals surface area (Å²) in [6.45, 7) is 0. The second kappa shape index (κ2) is 2.23. The van der Waals surface area contributed by atoms with E-state index < -0.39 is 12.1 Å². The fourth-order valence-corrected chi connectivity index (χ4v) is 0.785. The molecule has 0 aromatic carbocycles. The first-order valence-corrected chi connectivity index (χ1v) is 2.95. The zero-order valence-electron chi connectivity index (χ0n) is 4.48. The average Bonchev–Trinajstić information content (AvgIpc) is 2.10. The van der Waals surface area contributed by atoms with E-state index in [0.29, 0.717) is 0 Å². The van der Waals surface area contributed by atoms with Crippen molar-refractivity contribution < 1.29 is 9.59 Å². The average molecular weight is 149 g/mol. The molecule has 9 heavy (non-hydrogen) atoms. The highest BCUT2D eigenvalue weighted by molar-refractivity contribution is 6.21. The second-order valence-electron chi connectivity index (χ2n) is 1.67. The van der Waals surface area contributed by atoms with Crippen LogP contribution in [0.1, 0.15) is 0 Å². The minimum atomic E-state index is -0.542. The molecule has 0 bridgehead atoms. The van der Waals surface area contributed by atoms with Crippen LogP contribution in [0.15, 0.2) is 0 Å². The number of nitrogens with one attached hydrogen (secondary N) is 2. The van der Waals surface area contributed by atoms with Crippen LogP contribution >= 0.6 is 11.6 Å². The van der Waals surface area contributed by atoms with Crippen LogP contribution in [-0.2, 0) is 4.79 Å². The Kier molecular flexibility index (Phi) is 1.57. The Labute approximate surface area is 56.6 Å². The fraction of sp³-hybridized carbons (Fsp3) is 0.500. The van der Waals surface area contributed by atoms with E-state index in [-0.39, 0.29) is 11.8 Å². The summed E-state index contributed by atoms with van der Waals surface area (Å²) >= 11 is 5.29. The highest BCUT2D eigenvalue weighted by Gasteiger charge is 2.27. The molecule has 0 aromatic rings. The Morgan fingerprint density at radius 1 is 1.56 bits per heavy atom. The van der Waals surface area contributed by atoms with Gasteiger partial charge in [0.05, 0.1) is 5.88 Å². The molecule has 2 N–H and O–H groups in total. The first kappa shape index (κ1) is 6.35. The van der Waals surface area contributed by atoms with Gasteiger partial charge < -0.3 is 5.32 Å². The number of hydrogen-bond acceptors (Lipinski definition) is 2. The summed E-state index contributed by atoms with van der Waals surface area (Å²) in [5.41, 5.74) is 0. The summed E-state index contributed by atoms with van der Waals surface area (Å²) in [5, 5.41) is 4.37. The zero-order valence-corrected chi connectivity index (χ0v) is 5.23. The summed E-state index contributed by atoms with van der Waals surface area (Å²) in [4.78, 5) is 20.9. The van der Waals surface area contributed by atoms with Crippen LogP contribution in [0.5, 0.6) is 0 Å². The van der Waals surface area contributed by atoms with Gasteiger partial charge in [-0.1, -0.05) is 0 Å². The molecule has 0 spiro atoms. The van der Waals surface area contributed by atoms with Gasteiger partial charge in [-0.3, -0.25) is 10.1 Å². The first-order valence-electron chi connectivity index (χ1n) is 2.41. The van der Waals surface area contributed by atoms with Gasteiger partial charge >= 0.3 is 6.03 Å². The summed E-state index contributed by atoms with van der Waals surface area (Å²) in [7, 11) is 0. The lowest BCUT2D eigenvalue weighted by atomic mass is 10.3. The maximum Gasteiger partial charge on any atom is 0.322 e. The Bertz CT molecular complexity index is 159. The van der Waals surface area contributed by atoms with E-state index in [1.54, 1.807) is 0 Å². The van der Waals surface area contributed by atoms with Crippen LogP contribution in [0.2, 0.25) is 0 Å². The molecule has 1 aliphatic rings.